The van der Waals surface area contributed by atoms with Gasteiger partial charge in [0.1, 0.15) is 12.6 Å². The zero-order chi connectivity index (χ0) is 27.9. The molecule has 0 heterocycles. The Bertz CT molecular complexity index is 1340. The van der Waals surface area contributed by atoms with Gasteiger partial charge < -0.3 is 10.2 Å². The molecule has 3 aromatic carbocycles. The van der Waals surface area contributed by atoms with E-state index in [1.165, 1.54) is 17.0 Å². The molecule has 38 heavy (non-hydrogen) atoms. The highest BCUT2D eigenvalue weighted by atomic mass is 35.5. The molecule has 1 N–H and O–H groups in total. The first kappa shape index (κ1) is 29.2. The number of halogens is 1. The van der Waals surface area contributed by atoms with Gasteiger partial charge in [-0.15, -0.1) is 0 Å². The zero-order valence-electron chi connectivity index (χ0n) is 22.1. The number of carbonyl (C=O) groups is 2. The lowest BCUT2D eigenvalue weighted by Gasteiger charge is -2.32. The number of sulfonamides is 1. The van der Waals surface area contributed by atoms with E-state index < -0.39 is 28.5 Å². The number of nitrogens with zero attached hydrogens (tertiary/aromatic N) is 2. The van der Waals surface area contributed by atoms with Crippen LogP contribution in [0.2, 0.25) is 5.02 Å². The monoisotopic (exact) mass is 555 g/mol. The SMILES string of the molecule is CCCNC(=O)[C@H](C)N(Cc1ccc(Cl)cc1)C(=O)CN(c1ccc(C)cc1)S(=O)(=O)c1ccc(C)cc1. The van der Waals surface area contributed by atoms with E-state index in [9.17, 15) is 18.0 Å². The van der Waals surface area contributed by atoms with Crippen LogP contribution in [0.5, 0.6) is 0 Å². The van der Waals surface area contributed by atoms with Crippen LogP contribution in [0.15, 0.2) is 77.7 Å². The predicted molar refractivity (Wildman–Crippen MR) is 152 cm³/mol. The van der Waals surface area contributed by atoms with E-state index >= 15 is 0 Å². The third kappa shape index (κ3) is 7.36. The van der Waals surface area contributed by atoms with Gasteiger partial charge in [0.15, 0.2) is 0 Å². The average molecular weight is 556 g/mol. The topological polar surface area (TPSA) is 86.8 Å². The summed E-state index contributed by atoms with van der Waals surface area (Å²) in [7, 11) is -4.08. The summed E-state index contributed by atoms with van der Waals surface area (Å²) >= 11 is 6.03. The largest absolute Gasteiger partial charge is 0.354 e. The van der Waals surface area contributed by atoms with Crippen molar-refractivity contribution in [3.05, 3.63) is 94.5 Å². The molecule has 0 aliphatic rings. The molecular formula is C29H34ClN3O4S. The Hall–Kier alpha value is -3.36. The van der Waals surface area contributed by atoms with Crippen LogP contribution in [0.4, 0.5) is 5.69 Å². The Morgan fingerprint density at radius 3 is 2.00 bits per heavy atom. The summed E-state index contributed by atoms with van der Waals surface area (Å²) in [4.78, 5) is 28.2. The van der Waals surface area contributed by atoms with Gasteiger partial charge in [0, 0.05) is 18.1 Å². The maximum Gasteiger partial charge on any atom is 0.264 e. The van der Waals surface area contributed by atoms with Crippen molar-refractivity contribution >= 4 is 39.1 Å². The summed E-state index contributed by atoms with van der Waals surface area (Å²) in [6.07, 6.45) is 0.750. The number of nitrogens with one attached hydrogen (secondary N) is 1. The number of aryl methyl sites for hydroxylation is 2. The molecule has 0 fully saturated rings. The lowest BCUT2D eigenvalue weighted by molar-refractivity contribution is -0.139. The van der Waals surface area contributed by atoms with Crippen molar-refractivity contribution in [1.82, 2.24) is 10.2 Å². The standard InChI is InChI=1S/C29H34ClN3O4S/c1-5-18-31-29(35)23(4)32(19-24-10-12-25(30)13-11-24)28(34)20-33(26-14-6-21(2)7-15-26)38(36,37)27-16-8-22(3)9-17-27/h6-17,23H,5,18-20H2,1-4H3,(H,31,35)/t23-/m0/s1. The molecule has 1 atom stereocenters. The minimum atomic E-state index is -4.08. The number of benzene rings is 3. The molecule has 0 aliphatic heterocycles. The molecule has 2 amide bonds. The first-order chi connectivity index (χ1) is 18.0. The van der Waals surface area contributed by atoms with Crippen LogP contribution in [0.25, 0.3) is 0 Å². The molecule has 7 nitrogen and oxygen atoms in total. The molecule has 0 aliphatic carbocycles. The van der Waals surface area contributed by atoms with E-state index in [-0.39, 0.29) is 17.3 Å². The zero-order valence-corrected chi connectivity index (χ0v) is 23.7. The van der Waals surface area contributed by atoms with Crippen molar-refractivity contribution in [3.63, 3.8) is 0 Å². The minimum Gasteiger partial charge on any atom is -0.354 e. The van der Waals surface area contributed by atoms with E-state index in [4.69, 9.17) is 11.6 Å². The number of hydrogen-bond donors (Lipinski definition) is 1. The molecule has 0 saturated carbocycles. The fourth-order valence-corrected chi connectivity index (χ4v) is 5.38. The van der Waals surface area contributed by atoms with Crippen molar-refractivity contribution in [3.8, 4) is 0 Å². The van der Waals surface area contributed by atoms with Crippen molar-refractivity contribution in [2.24, 2.45) is 0 Å². The first-order valence-corrected chi connectivity index (χ1v) is 14.3. The fourth-order valence-electron chi connectivity index (χ4n) is 3.84. The van der Waals surface area contributed by atoms with Crippen molar-refractivity contribution < 1.29 is 18.0 Å². The first-order valence-electron chi connectivity index (χ1n) is 12.5. The Kier molecular flexibility index (Phi) is 9.94. The highest BCUT2D eigenvalue weighted by Gasteiger charge is 2.32. The number of anilines is 1. The molecule has 0 bridgehead atoms. The summed E-state index contributed by atoms with van der Waals surface area (Å²) in [5, 5.41) is 3.38. The number of hydrogen-bond acceptors (Lipinski definition) is 4. The quantitative estimate of drug-likeness (QED) is 0.357. The maximum atomic E-state index is 13.8. The smallest absolute Gasteiger partial charge is 0.264 e. The van der Waals surface area contributed by atoms with Crippen molar-refractivity contribution in [2.45, 2.75) is 51.6 Å². The summed E-state index contributed by atoms with van der Waals surface area (Å²) in [6, 6.07) is 19.6. The van der Waals surface area contributed by atoms with Gasteiger partial charge in [-0.05, 0) is 69.2 Å². The second-order valence-electron chi connectivity index (χ2n) is 9.28. The lowest BCUT2D eigenvalue weighted by Crippen LogP contribution is -2.51. The van der Waals surface area contributed by atoms with Crippen LogP contribution in [-0.4, -0.2) is 44.3 Å². The second kappa shape index (κ2) is 12.9. The maximum absolute atomic E-state index is 13.8. The normalized spacial score (nSPS) is 12.0. The minimum absolute atomic E-state index is 0.0782. The van der Waals surface area contributed by atoms with Gasteiger partial charge in [0.2, 0.25) is 11.8 Å². The third-order valence-corrected chi connectivity index (χ3v) is 8.23. The Balaban J connectivity index is 2.00. The van der Waals surface area contributed by atoms with E-state index in [1.54, 1.807) is 67.6 Å². The predicted octanol–water partition coefficient (Wildman–Crippen LogP) is 5.10. The van der Waals surface area contributed by atoms with Gasteiger partial charge in [-0.25, -0.2) is 8.42 Å². The Morgan fingerprint density at radius 1 is 0.895 bits per heavy atom. The highest BCUT2D eigenvalue weighted by Crippen LogP contribution is 2.25. The molecule has 0 aromatic heterocycles. The van der Waals surface area contributed by atoms with Gasteiger partial charge in [-0.1, -0.05) is 66.0 Å². The molecular weight excluding hydrogens is 522 g/mol. The van der Waals surface area contributed by atoms with Crippen LogP contribution in [0, 0.1) is 13.8 Å². The van der Waals surface area contributed by atoms with Crippen molar-refractivity contribution in [2.75, 3.05) is 17.4 Å². The van der Waals surface area contributed by atoms with E-state index in [1.807, 2.05) is 20.8 Å². The van der Waals surface area contributed by atoms with Gasteiger partial charge in [-0.2, -0.15) is 0 Å². The number of amides is 2. The number of rotatable bonds is 11. The van der Waals surface area contributed by atoms with E-state index in [2.05, 4.69) is 5.32 Å². The van der Waals surface area contributed by atoms with Crippen LogP contribution >= 0.6 is 11.6 Å². The Morgan fingerprint density at radius 2 is 1.45 bits per heavy atom. The third-order valence-electron chi connectivity index (χ3n) is 6.19. The lowest BCUT2D eigenvalue weighted by atomic mass is 10.1. The van der Waals surface area contributed by atoms with E-state index in [0.717, 1.165) is 27.4 Å². The van der Waals surface area contributed by atoms with Crippen LogP contribution in [0.3, 0.4) is 0 Å². The van der Waals surface area contributed by atoms with Gasteiger partial charge in [0.25, 0.3) is 10.0 Å². The van der Waals surface area contributed by atoms with E-state index in [0.29, 0.717) is 17.3 Å². The average Bonchev–Trinajstić information content (AvgIpc) is 2.90. The van der Waals surface area contributed by atoms with Crippen LogP contribution in [0.1, 0.15) is 37.0 Å². The van der Waals surface area contributed by atoms with Crippen LogP contribution < -0.4 is 9.62 Å². The fraction of sp³-hybridized carbons (Fsp3) is 0.310. The molecule has 3 rings (SSSR count). The summed E-state index contributed by atoms with van der Waals surface area (Å²) < 4.78 is 28.7. The molecule has 202 valence electrons. The molecule has 0 unspecified atom stereocenters. The molecule has 0 saturated heterocycles. The summed E-state index contributed by atoms with van der Waals surface area (Å²) in [5.41, 5.74) is 3.00. The van der Waals surface area contributed by atoms with Gasteiger partial charge in [0.05, 0.1) is 10.6 Å². The second-order valence-corrected chi connectivity index (χ2v) is 11.6. The van der Waals surface area contributed by atoms with Gasteiger partial charge in [-0.3, -0.25) is 13.9 Å². The van der Waals surface area contributed by atoms with Gasteiger partial charge >= 0.3 is 0 Å². The Labute approximate surface area is 230 Å². The molecule has 3 aromatic rings. The van der Waals surface area contributed by atoms with Crippen LogP contribution in [-0.2, 0) is 26.2 Å². The molecule has 9 heteroatoms. The number of carbonyl (C=O) groups excluding carboxylic acids is 2. The highest BCUT2D eigenvalue weighted by molar-refractivity contribution is 7.92. The van der Waals surface area contributed by atoms with Crippen molar-refractivity contribution in [1.29, 1.82) is 0 Å². The molecule has 0 radical (unpaired) electrons. The summed E-state index contributed by atoms with van der Waals surface area (Å²) in [6.45, 7) is 7.47. The summed E-state index contributed by atoms with van der Waals surface area (Å²) in [5.74, 6) is -0.812. The molecule has 0 spiro atoms.